The Morgan fingerprint density at radius 2 is 1.92 bits per heavy atom. The van der Waals surface area contributed by atoms with Crippen LogP contribution in [0.25, 0.3) is 0 Å². The van der Waals surface area contributed by atoms with E-state index in [2.05, 4.69) is 6.92 Å². The first-order valence-corrected chi connectivity index (χ1v) is 5.56. The van der Waals surface area contributed by atoms with Gasteiger partial charge in [0, 0.05) is 0 Å². The highest BCUT2D eigenvalue weighted by molar-refractivity contribution is 4.92. The Hall–Kier alpha value is -0.0400. The van der Waals surface area contributed by atoms with E-state index in [1.54, 1.807) is 0 Å². The van der Waals surface area contributed by atoms with Crippen LogP contribution >= 0.6 is 0 Å². The second kappa shape index (κ2) is 3.37. The van der Waals surface area contributed by atoms with Gasteiger partial charge in [0.25, 0.3) is 0 Å². The van der Waals surface area contributed by atoms with Crippen molar-refractivity contribution < 1.29 is 0 Å². The van der Waals surface area contributed by atoms with Crippen molar-refractivity contribution in [3.8, 4) is 0 Å². The van der Waals surface area contributed by atoms with E-state index < -0.39 is 0 Å². The Kier molecular flexibility index (Phi) is 2.40. The second-order valence-electron chi connectivity index (χ2n) is 4.65. The number of hydrogen-bond acceptors (Lipinski definition) is 1. The molecule has 0 aromatic rings. The highest BCUT2D eigenvalue weighted by Crippen LogP contribution is 2.50. The predicted octanol–water partition coefficient (Wildman–Crippen LogP) is 2.41. The van der Waals surface area contributed by atoms with Gasteiger partial charge in [0.05, 0.1) is 0 Å². The maximum Gasteiger partial charge on any atom is -0.00461 e. The molecule has 1 heteroatoms. The van der Waals surface area contributed by atoms with Gasteiger partial charge >= 0.3 is 0 Å². The van der Waals surface area contributed by atoms with Crippen molar-refractivity contribution in [2.75, 3.05) is 6.54 Å². The summed E-state index contributed by atoms with van der Waals surface area (Å²) >= 11 is 0. The largest absolute Gasteiger partial charge is 0.330 e. The molecule has 0 amide bonds. The first kappa shape index (κ1) is 8.55. The third-order valence-corrected chi connectivity index (χ3v) is 4.03. The van der Waals surface area contributed by atoms with Gasteiger partial charge in [0.15, 0.2) is 0 Å². The van der Waals surface area contributed by atoms with Crippen LogP contribution in [0, 0.1) is 23.7 Å². The lowest BCUT2D eigenvalue weighted by Crippen LogP contribution is -2.22. The van der Waals surface area contributed by atoms with E-state index in [-0.39, 0.29) is 0 Å². The monoisotopic (exact) mass is 167 g/mol. The molecule has 0 aliphatic heterocycles. The standard InChI is InChI=1S/C11H21N/c1-2-10-9(7-12)5-6-11(10)8-3-4-8/h8-11H,2-7,12H2,1H3/t9?,10-,11?/m1/s1. The van der Waals surface area contributed by atoms with Crippen LogP contribution in [0.5, 0.6) is 0 Å². The van der Waals surface area contributed by atoms with Crippen LogP contribution < -0.4 is 5.73 Å². The van der Waals surface area contributed by atoms with E-state index in [0.717, 1.165) is 30.2 Å². The second-order valence-corrected chi connectivity index (χ2v) is 4.65. The molecule has 12 heavy (non-hydrogen) atoms. The Bertz CT molecular complexity index is 151. The first-order valence-electron chi connectivity index (χ1n) is 5.56. The number of nitrogens with two attached hydrogens (primary N) is 1. The zero-order valence-corrected chi connectivity index (χ0v) is 8.13. The third-order valence-electron chi connectivity index (χ3n) is 4.03. The van der Waals surface area contributed by atoms with Gasteiger partial charge in [0.1, 0.15) is 0 Å². The molecular weight excluding hydrogens is 146 g/mol. The molecule has 0 spiro atoms. The molecule has 0 saturated heterocycles. The van der Waals surface area contributed by atoms with Crippen LogP contribution in [0.3, 0.4) is 0 Å². The molecule has 0 aromatic carbocycles. The smallest absolute Gasteiger partial charge is 0.00461 e. The third kappa shape index (κ3) is 1.39. The van der Waals surface area contributed by atoms with E-state index in [1.165, 1.54) is 32.1 Å². The molecule has 0 radical (unpaired) electrons. The summed E-state index contributed by atoms with van der Waals surface area (Å²) in [5, 5.41) is 0. The molecule has 2 N–H and O–H groups in total. The van der Waals surface area contributed by atoms with Gasteiger partial charge < -0.3 is 5.73 Å². The Morgan fingerprint density at radius 1 is 1.17 bits per heavy atom. The fourth-order valence-electron chi connectivity index (χ4n) is 3.22. The maximum absolute atomic E-state index is 5.78. The minimum absolute atomic E-state index is 0.862. The predicted molar refractivity (Wildman–Crippen MR) is 51.8 cm³/mol. The van der Waals surface area contributed by atoms with Gasteiger partial charge in [-0.1, -0.05) is 13.3 Å². The molecule has 2 unspecified atom stereocenters. The van der Waals surface area contributed by atoms with Crippen LogP contribution in [-0.2, 0) is 0 Å². The lowest BCUT2D eigenvalue weighted by atomic mass is 9.84. The van der Waals surface area contributed by atoms with Crippen LogP contribution in [0.1, 0.15) is 39.0 Å². The highest BCUT2D eigenvalue weighted by Gasteiger charge is 2.42. The van der Waals surface area contributed by atoms with E-state index in [4.69, 9.17) is 5.73 Å². The molecule has 2 rings (SSSR count). The SMILES string of the molecule is CC[C@@H]1C(CN)CCC1C1CC1. The van der Waals surface area contributed by atoms with Crippen LogP contribution in [-0.4, -0.2) is 6.54 Å². The zero-order valence-electron chi connectivity index (χ0n) is 8.13. The average Bonchev–Trinajstić information content (AvgIpc) is 2.85. The Morgan fingerprint density at radius 3 is 2.42 bits per heavy atom. The van der Waals surface area contributed by atoms with Crippen molar-refractivity contribution >= 4 is 0 Å². The molecule has 2 aliphatic rings. The van der Waals surface area contributed by atoms with E-state index in [0.29, 0.717) is 0 Å². The van der Waals surface area contributed by atoms with Gasteiger partial charge in [0.2, 0.25) is 0 Å². The lowest BCUT2D eigenvalue weighted by Gasteiger charge is -2.22. The van der Waals surface area contributed by atoms with Crippen molar-refractivity contribution in [1.82, 2.24) is 0 Å². The summed E-state index contributed by atoms with van der Waals surface area (Å²) in [6.07, 6.45) is 7.28. The quantitative estimate of drug-likeness (QED) is 0.686. The number of hydrogen-bond donors (Lipinski definition) is 1. The van der Waals surface area contributed by atoms with Gasteiger partial charge in [-0.2, -0.15) is 0 Å². The summed E-state index contributed by atoms with van der Waals surface area (Å²) in [5.74, 6) is 4.00. The van der Waals surface area contributed by atoms with Gasteiger partial charge in [-0.15, -0.1) is 0 Å². The molecule has 2 fully saturated rings. The van der Waals surface area contributed by atoms with Gasteiger partial charge in [-0.25, -0.2) is 0 Å². The van der Waals surface area contributed by atoms with Crippen molar-refractivity contribution in [3.63, 3.8) is 0 Å². The van der Waals surface area contributed by atoms with Crippen molar-refractivity contribution in [1.29, 1.82) is 0 Å². The molecular formula is C11H21N. The normalized spacial score (nSPS) is 42.0. The van der Waals surface area contributed by atoms with Crippen LogP contribution in [0.15, 0.2) is 0 Å². The summed E-state index contributed by atoms with van der Waals surface area (Å²) in [6.45, 7) is 3.27. The molecule has 0 bridgehead atoms. The highest BCUT2D eigenvalue weighted by atomic mass is 14.6. The summed E-state index contributed by atoms with van der Waals surface area (Å²) in [7, 11) is 0. The van der Waals surface area contributed by atoms with Crippen LogP contribution in [0.4, 0.5) is 0 Å². The maximum atomic E-state index is 5.78. The molecule has 0 aromatic heterocycles. The minimum Gasteiger partial charge on any atom is -0.330 e. The summed E-state index contributed by atoms with van der Waals surface area (Å²) in [5.41, 5.74) is 5.78. The average molecular weight is 167 g/mol. The lowest BCUT2D eigenvalue weighted by molar-refractivity contribution is 0.280. The molecule has 0 heterocycles. The molecule has 70 valence electrons. The van der Waals surface area contributed by atoms with Crippen LogP contribution in [0.2, 0.25) is 0 Å². The summed E-state index contributed by atoms with van der Waals surface area (Å²) in [4.78, 5) is 0. The topological polar surface area (TPSA) is 26.0 Å². The fraction of sp³-hybridized carbons (Fsp3) is 1.00. The summed E-state index contributed by atoms with van der Waals surface area (Å²) in [6, 6.07) is 0. The molecule has 3 atom stereocenters. The molecule has 2 saturated carbocycles. The Balaban J connectivity index is 1.96. The van der Waals surface area contributed by atoms with E-state index >= 15 is 0 Å². The van der Waals surface area contributed by atoms with E-state index in [9.17, 15) is 0 Å². The van der Waals surface area contributed by atoms with Gasteiger partial charge in [-0.05, 0) is 55.9 Å². The van der Waals surface area contributed by atoms with Crippen molar-refractivity contribution in [2.24, 2.45) is 29.4 Å². The zero-order chi connectivity index (χ0) is 8.55. The first-order chi connectivity index (χ1) is 5.86. The number of rotatable bonds is 3. The van der Waals surface area contributed by atoms with Gasteiger partial charge in [-0.3, -0.25) is 0 Å². The van der Waals surface area contributed by atoms with Crippen molar-refractivity contribution in [3.05, 3.63) is 0 Å². The minimum atomic E-state index is 0.862. The molecule has 1 nitrogen and oxygen atoms in total. The fourth-order valence-corrected chi connectivity index (χ4v) is 3.22. The Labute approximate surface area is 75.7 Å². The molecule has 2 aliphatic carbocycles. The van der Waals surface area contributed by atoms with Crippen molar-refractivity contribution in [2.45, 2.75) is 39.0 Å². The van der Waals surface area contributed by atoms with E-state index in [1.807, 2.05) is 0 Å². The summed E-state index contributed by atoms with van der Waals surface area (Å²) < 4.78 is 0.